The van der Waals surface area contributed by atoms with Gasteiger partial charge >= 0.3 is 11.8 Å². The highest BCUT2D eigenvalue weighted by atomic mass is 79.9. The molecular weight excluding hydrogens is 368 g/mol. The van der Waals surface area contributed by atoms with Gasteiger partial charge in [0.1, 0.15) is 0 Å². The summed E-state index contributed by atoms with van der Waals surface area (Å²) in [4.78, 5) is 24.1. The Morgan fingerprint density at radius 3 is 2.04 bits per heavy atom. The Morgan fingerprint density at radius 2 is 1.50 bits per heavy atom. The van der Waals surface area contributed by atoms with Crippen molar-refractivity contribution in [3.8, 4) is 0 Å². The van der Waals surface area contributed by atoms with Crippen molar-refractivity contribution in [3.63, 3.8) is 0 Å². The Morgan fingerprint density at radius 1 is 0.917 bits per heavy atom. The molecule has 0 aliphatic heterocycles. The summed E-state index contributed by atoms with van der Waals surface area (Å²) in [5.41, 5.74) is 3.41. The van der Waals surface area contributed by atoms with Crippen LogP contribution in [-0.4, -0.2) is 11.8 Å². The van der Waals surface area contributed by atoms with Crippen LogP contribution in [0.25, 0.3) is 0 Å². The van der Waals surface area contributed by atoms with Gasteiger partial charge < -0.3 is 10.6 Å². The summed E-state index contributed by atoms with van der Waals surface area (Å²) in [6.45, 7) is 8.30. The van der Waals surface area contributed by atoms with Crippen LogP contribution in [-0.2, 0) is 15.0 Å². The Balaban J connectivity index is 2.02. The van der Waals surface area contributed by atoms with E-state index in [-0.39, 0.29) is 5.41 Å². The number of benzene rings is 2. The Labute approximate surface area is 150 Å². The summed E-state index contributed by atoms with van der Waals surface area (Å²) < 4.78 is 0.734. The van der Waals surface area contributed by atoms with Crippen LogP contribution in [0.4, 0.5) is 11.4 Å². The van der Waals surface area contributed by atoms with Gasteiger partial charge in [-0.2, -0.15) is 0 Å². The lowest BCUT2D eigenvalue weighted by Crippen LogP contribution is -2.29. The van der Waals surface area contributed by atoms with Gasteiger partial charge in [0.05, 0.1) is 5.69 Å². The van der Waals surface area contributed by atoms with Gasteiger partial charge in [-0.1, -0.05) is 39.0 Å². The zero-order chi connectivity index (χ0) is 17.9. The molecule has 0 bridgehead atoms. The molecule has 2 amide bonds. The van der Waals surface area contributed by atoms with E-state index in [1.807, 2.05) is 31.2 Å². The second-order valence-corrected chi connectivity index (χ2v) is 7.57. The van der Waals surface area contributed by atoms with Crippen molar-refractivity contribution in [1.29, 1.82) is 0 Å². The largest absolute Gasteiger partial charge is 0.318 e. The fraction of sp³-hybridized carbons (Fsp3) is 0.263. The molecule has 0 saturated carbocycles. The molecule has 0 spiro atoms. The number of halogens is 1. The highest BCUT2D eigenvalue weighted by molar-refractivity contribution is 9.10. The molecule has 0 aliphatic carbocycles. The van der Waals surface area contributed by atoms with E-state index < -0.39 is 11.8 Å². The molecule has 0 heterocycles. The average Bonchev–Trinajstić information content (AvgIpc) is 2.49. The average molecular weight is 389 g/mol. The maximum atomic E-state index is 12.0. The first kappa shape index (κ1) is 18.2. The lowest BCUT2D eigenvalue weighted by Gasteiger charge is -2.19. The first-order chi connectivity index (χ1) is 11.2. The predicted octanol–water partition coefficient (Wildman–Crippen LogP) is 4.63. The summed E-state index contributed by atoms with van der Waals surface area (Å²) in [7, 11) is 0. The maximum absolute atomic E-state index is 12.0. The number of nitrogens with one attached hydrogen (secondary N) is 2. The second kappa shape index (κ2) is 7.18. The quantitative estimate of drug-likeness (QED) is 0.736. The molecular formula is C19H21BrN2O2. The number of carbonyl (C=O) groups excluding carboxylic acids is 2. The van der Waals surface area contributed by atoms with E-state index in [2.05, 4.69) is 47.3 Å². The van der Waals surface area contributed by atoms with Crippen LogP contribution in [0.3, 0.4) is 0 Å². The topological polar surface area (TPSA) is 58.2 Å². The van der Waals surface area contributed by atoms with Gasteiger partial charge in [0, 0.05) is 10.2 Å². The molecule has 126 valence electrons. The van der Waals surface area contributed by atoms with Crippen molar-refractivity contribution < 1.29 is 9.59 Å². The molecule has 2 aromatic rings. The van der Waals surface area contributed by atoms with Gasteiger partial charge in [0.15, 0.2) is 0 Å². The second-order valence-electron chi connectivity index (χ2n) is 6.72. The summed E-state index contributed by atoms with van der Waals surface area (Å²) in [5, 5.41) is 5.20. The van der Waals surface area contributed by atoms with Gasteiger partial charge in [0.25, 0.3) is 0 Å². The van der Waals surface area contributed by atoms with E-state index in [0.717, 1.165) is 15.6 Å². The summed E-state index contributed by atoms with van der Waals surface area (Å²) in [6, 6.07) is 13.0. The maximum Gasteiger partial charge on any atom is 0.314 e. The Hall–Kier alpha value is -2.14. The van der Waals surface area contributed by atoms with Crippen molar-refractivity contribution in [2.45, 2.75) is 33.1 Å². The minimum Gasteiger partial charge on any atom is -0.318 e. The van der Waals surface area contributed by atoms with Crippen molar-refractivity contribution in [3.05, 3.63) is 58.1 Å². The van der Waals surface area contributed by atoms with E-state index in [9.17, 15) is 9.59 Å². The van der Waals surface area contributed by atoms with Crippen molar-refractivity contribution >= 4 is 39.1 Å². The molecule has 2 aromatic carbocycles. The van der Waals surface area contributed by atoms with E-state index >= 15 is 0 Å². The molecule has 2 rings (SSSR count). The molecule has 5 heteroatoms. The molecule has 0 atom stereocenters. The number of hydrogen-bond donors (Lipinski definition) is 2. The van der Waals surface area contributed by atoms with E-state index in [0.29, 0.717) is 11.4 Å². The van der Waals surface area contributed by atoms with Gasteiger partial charge in [0.2, 0.25) is 0 Å². The van der Waals surface area contributed by atoms with Crippen LogP contribution in [0, 0.1) is 6.92 Å². The number of carbonyl (C=O) groups is 2. The number of amides is 2. The summed E-state index contributed by atoms with van der Waals surface area (Å²) in [5.74, 6) is -1.41. The van der Waals surface area contributed by atoms with Crippen LogP contribution in [0.5, 0.6) is 0 Å². The standard InChI is InChI=1S/C19H21BrN2O2/c1-12-5-10-16(15(20)11-12)22-18(24)17(23)21-14-8-6-13(7-9-14)19(2,3)4/h5-11H,1-4H3,(H,21,23)(H,22,24). The third-order valence-corrected chi connectivity index (χ3v) is 4.24. The molecule has 0 saturated heterocycles. The first-order valence-electron chi connectivity index (χ1n) is 7.66. The molecule has 0 unspecified atom stereocenters. The molecule has 0 radical (unpaired) electrons. The Bertz CT molecular complexity index is 762. The SMILES string of the molecule is Cc1ccc(NC(=O)C(=O)Nc2ccc(C(C)(C)C)cc2)c(Br)c1. The van der Waals surface area contributed by atoms with E-state index in [4.69, 9.17) is 0 Å². The number of anilines is 2. The molecule has 0 aliphatic rings. The molecule has 0 aromatic heterocycles. The number of hydrogen-bond acceptors (Lipinski definition) is 2. The van der Waals surface area contributed by atoms with Crippen molar-refractivity contribution in [2.75, 3.05) is 10.6 Å². The van der Waals surface area contributed by atoms with Crippen LogP contribution < -0.4 is 10.6 Å². The molecule has 0 fully saturated rings. The highest BCUT2D eigenvalue weighted by Crippen LogP contribution is 2.24. The number of rotatable bonds is 2. The fourth-order valence-corrected chi connectivity index (χ4v) is 2.73. The predicted molar refractivity (Wildman–Crippen MR) is 101 cm³/mol. The van der Waals surface area contributed by atoms with E-state index in [1.165, 1.54) is 0 Å². The van der Waals surface area contributed by atoms with E-state index in [1.54, 1.807) is 18.2 Å². The third-order valence-electron chi connectivity index (χ3n) is 3.59. The molecule has 24 heavy (non-hydrogen) atoms. The normalized spacial score (nSPS) is 11.0. The van der Waals surface area contributed by atoms with Crippen molar-refractivity contribution in [1.82, 2.24) is 0 Å². The van der Waals surface area contributed by atoms with Crippen LogP contribution in [0.15, 0.2) is 46.9 Å². The monoisotopic (exact) mass is 388 g/mol. The minimum absolute atomic E-state index is 0.0393. The van der Waals surface area contributed by atoms with Gasteiger partial charge in [-0.25, -0.2) is 0 Å². The highest BCUT2D eigenvalue weighted by Gasteiger charge is 2.17. The summed E-state index contributed by atoms with van der Waals surface area (Å²) >= 11 is 3.37. The van der Waals surface area contributed by atoms with Gasteiger partial charge in [-0.3, -0.25) is 9.59 Å². The zero-order valence-corrected chi connectivity index (χ0v) is 15.8. The Kier molecular flexibility index (Phi) is 5.44. The fourth-order valence-electron chi connectivity index (χ4n) is 2.14. The number of aryl methyl sites for hydroxylation is 1. The lowest BCUT2D eigenvalue weighted by atomic mass is 9.87. The van der Waals surface area contributed by atoms with Crippen molar-refractivity contribution in [2.24, 2.45) is 0 Å². The minimum atomic E-state index is -0.709. The summed E-state index contributed by atoms with van der Waals surface area (Å²) in [6.07, 6.45) is 0. The van der Waals surface area contributed by atoms with Crippen LogP contribution >= 0.6 is 15.9 Å². The zero-order valence-electron chi connectivity index (χ0n) is 14.2. The smallest absolute Gasteiger partial charge is 0.314 e. The van der Waals surface area contributed by atoms with Gasteiger partial charge in [-0.15, -0.1) is 0 Å². The van der Waals surface area contributed by atoms with Crippen LogP contribution in [0.2, 0.25) is 0 Å². The van der Waals surface area contributed by atoms with Crippen LogP contribution in [0.1, 0.15) is 31.9 Å². The lowest BCUT2D eigenvalue weighted by molar-refractivity contribution is -0.133. The molecule has 2 N–H and O–H groups in total. The third kappa shape index (κ3) is 4.68. The van der Waals surface area contributed by atoms with Gasteiger partial charge in [-0.05, 0) is 63.7 Å². The first-order valence-corrected chi connectivity index (χ1v) is 8.45. The molecule has 4 nitrogen and oxygen atoms in total.